The molecule has 13 heteroatoms. The molecule has 0 spiro atoms. The maximum Gasteiger partial charge on any atom is 0.446 e. The average molecular weight is 481 g/mol. The summed E-state index contributed by atoms with van der Waals surface area (Å²) in [6.45, 7) is 1.28. The highest BCUT2D eigenvalue weighted by Crippen LogP contribution is 2.38. The summed E-state index contributed by atoms with van der Waals surface area (Å²) in [5.41, 5.74) is -5.03. The molecule has 0 unspecified atom stereocenters. The van der Waals surface area contributed by atoms with E-state index in [1.165, 1.54) is 43.6 Å². The predicted octanol–water partition coefficient (Wildman–Crippen LogP) is 5.36. The highest BCUT2D eigenvalue weighted by molar-refractivity contribution is 8.00. The Balaban J connectivity index is 2.06. The number of hydrogen-bond donors (Lipinski definition) is 0. The Hall–Kier alpha value is -2.54. The number of aromatic nitrogens is 3. The fraction of sp³-hybridized carbons (Fsp3) is 0.222. The largest absolute Gasteiger partial charge is 0.446 e. The van der Waals surface area contributed by atoms with E-state index in [2.05, 4.69) is 10.1 Å². The highest BCUT2D eigenvalue weighted by atomic mass is 32.2. The fourth-order valence-corrected chi connectivity index (χ4v) is 4.25. The number of alkyl halides is 6. The van der Waals surface area contributed by atoms with E-state index in [0.29, 0.717) is 23.4 Å². The van der Waals surface area contributed by atoms with E-state index >= 15 is 0 Å². The number of thioether (sulfide) groups is 1. The number of pyridine rings is 1. The number of rotatable bonds is 5. The molecule has 0 aliphatic heterocycles. The van der Waals surface area contributed by atoms with Crippen molar-refractivity contribution in [3.05, 3.63) is 54.5 Å². The standard InChI is InChI=1S/C18H13F6N3O2S2/c1-2-31(28,29)15-7-13(17(19,20)21)9-25-16(15)27-10-12(8-26-27)11-4-3-5-14(6-11)30-18(22,23)24/h3-10H,2H2,1H3. The minimum absolute atomic E-state index is 0.0698. The summed E-state index contributed by atoms with van der Waals surface area (Å²) in [4.78, 5) is 2.93. The predicted molar refractivity (Wildman–Crippen MR) is 101 cm³/mol. The van der Waals surface area contributed by atoms with Gasteiger partial charge in [-0.3, -0.25) is 0 Å². The molecule has 0 radical (unpaired) electrons. The summed E-state index contributed by atoms with van der Waals surface area (Å²) in [5.74, 6) is -0.810. The first-order valence-corrected chi connectivity index (χ1v) is 11.0. The molecular weight excluding hydrogens is 468 g/mol. The molecule has 1 aromatic carbocycles. The quantitative estimate of drug-likeness (QED) is 0.363. The molecule has 0 bridgehead atoms. The van der Waals surface area contributed by atoms with Crippen molar-refractivity contribution >= 4 is 21.6 Å². The number of sulfone groups is 1. The Morgan fingerprint density at radius 3 is 2.35 bits per heavy atom. The van der Waals surface area contributed by atoms with Crippen LogP contribution < -0.4 is 0 Å². The van der Waals surface area contributed by atoms with Crippen LogP contribution in [-0.2, 0) is 16.0 Å². The smallest absolute Gasteiger partial charge is 0.235 e. The van der Waals surface area contributed by atoms with Crippen LogP contribution in [0.15, 0.2) is 58.7 Å². The molecule has 166 valence electrons. The monoisotopic (exact) mass is 481 g/mol. The van der Waals surface area contributed by atoms with E-state index in [1.54, 1.807) is 0 Å². The van der Waals surface area contributed by atoms with Crippen LogP contribution in [0.5, 0.6) is 0 Å². The maximum atomic E-state index is 13.0. The lowest BCUT2D eigenvalue weighted by Gasteiger charge is -2.12. The van der Waals surface area contributed by atoms with Crippen molar-refractivity contribution in [3.63, 3.8) is 0 Å². The lowest BCUT2D eigenvalue weighted by atomic mass is 10.1. The summed E-state index contributed by atoms with van der Waals surface area (Å²) in [6.07, 6.45) is -1.78. The molecule has 0 amide bonds. The normalized spacial score (nSPS) is 12.9. The van der Waals surface area contributed by atoms with Gasteiger partial charge in [-0.1, -0.05) is 19.1 Å². The molecule has 0 saturated heterocycles. The Kier molecular flexibility index (Phi) is 6.11. The highest BCUT2D eigenvalue weighted by Gasteiger charge is 2.34. The third-order valence-electron chi connectivity index (χ3n) is 4.08. The number of halogens is 6. The molecule has 5 nitrogen and oxygen atoms in total. The van der Waals surface area contributed by atoms with Crippen LogP contribution in [0, 0.1) is 0 Å². The van der Waals surface area contributed by atoms with Crippen LogP contribution in [-0.4, -0.2) is 34.4 Å². The zero-order chi connectivity index (χ0) is 23.0. The van der Waals surface area contributed by atoms with Gasteiger partial charge >= 0.3 is 11.7 Å². The zero-order valence-corrected chi connectivity index (χ0v) is 17.2. The van der Waals surface area contributed by atoms with Crippen molar-refractivity contribution in [2.24, 2.45) is 0 Å². The van der Waals surface area contributed by atoms with E-state index in [9.17, 15) is 34.8 Å². The molecule has 0 N–H and O–H groups in total. The molecule has 0 aliphatic carbocycles. The Bertz CT molecular complexity index is 1200. The van der Waals surface area contributed by atoms with Crippen molar-refractivity contribution in [1.82, 2.24) is 14.8 Å². The third kappa shape index (κ3) is 5.39. The summed E-state index contributed by atoms with van der Waals surface area (Å²) in [5, 5.41) is 3.95. The molecule has 3 rings (SSSR count). The molecule has 2 heterocycles. The first-order valence-electron chi connectivity index (χ1n) is 8.51. The van der Waals surface area contributed by atoms with Gasteiger partial charge in [-0.05, 0) is 35.5 Å². The van der Waals surface area contributed by atoms with Gasteiger partial charge in [-0.25, -0.2) is 18.1 Å². The molecule has 0 atom stereocenters. The fourth-order valence-electron chi connectivity index (χ4n) is 2.61. The van der Waals surface area contributed by atoms with Gasteiger partial charge in [-0.2, -0.15) is 31.4 Å². The second kappa shape index (κ2) is 8.19. The molecule has 0 fully saturated rings. The van der Waals surface area contributed by atoms with Gasteiger partial charge in [-0.15, -0.1) is 0 Å². The van der Waals surface area contributed by atoms with Crippen LogP contribution in [0.2, 0.25) is 0 Å². The molecular formula is C18H13F6N3O2S2. The van der Waals surface area contributed by atoms with E-state index in [4.69, 9.17) is 0 Å². The molecule has 31 heavy (non-hydrogen) atoms. The first kappa shape index (κ1) is 23.1. The van der Waals surface area contributed by atoms with Gasteiger partial charge in [0.1, 0.15) is 4.90 Å². The Labute approximate surface area is 177 Å². The number of benzene rings is 1. The lowest BCUT2D eigenvalue weighted by molar-refractivity contribution is -0.138. The number of nitrogens with zero attached hydrogens (tertiary/aromatic N) is 3. The third-order valence-corrected chi connectivity index (χ3v) is 6.53. The van der Waals surface area contributed by atoms with Gasteiger partial charge in [0.25, 0.3) is 0 Å². The summed E-state index contributed by atoms with van der Waals surface area (Å²) >= 11 is -0.300. The van der Waals surface area contributed by atoms with Crippen molar-refractivity contribution in [2.75, 3.05) is 5.75 Å². The topological polar surface area (TPSA) is 64.8 Å². The minimum atomic E-state index is -4.80. The molecule has 0 aliphatic rings. The van der Waals surface area contributed by atoms with Crippen LogP contribution in [0.3, 0.4) is 0 Å². The lowest BCUT2D eigenvalue weighted by Crippen LogP contribution is -2.14. The van der Waals surface area contributed by atoms with E-state index in [-0.39, 0.29) is 22.5 Å². The summed E-state index contributed by atoms with van der Waals surface area (Å²) in [7, 11) is -4.09. The van der Waals surface area contributed by atoms with Crippen LogP contribution in [0.1, 0.15) is 12.5 Å². The van der Waals surface area contributed by atoms with Crippen molar-refractivity contribution in [1.29, 1.82) is 0 Å². The van der Waals surface area contributed by atoms with Gasteiger partial charge < -0.3 is 0 Å². The molecule has 3 aromatic rings. The van der Waals surface area contributed by atoms with Crippen molar-refractivity contribution < 1.29 is 34.8 Å². The van der Waals surface area contributed by atoms with Crippen molar-refractivity contribution in [2.45, 2.75) is 28.4 Å². The van der Waals surface area contributed by atoms with E-state index < -0.39 is 37.7 Å². The second-order valence-corrected chi connectivity index (χ2v) is 9.58. The Morgan fingerprint density at radius 2 is 1.74 bits per heavy atom. The van der Waals surface area contributed by atoms with Crippen LogP contribution in [0.4, 0.5) is 26.3 Å². The summed E-state index contributed by atoms with van der Waals surface area (Å²) in [6, 6.07) is 5.96. The maximum absolute atomic E-state index is 13.0. The second-order valence-electron chi connectivity index (χ2n) is 6.20. The van der Waals surface area contributed by atoms with Gasteiger partial charge in [0, 0.05) is 22.9 Å². The SMILES string of the molecule is CCS(=O)(=O)c1cc(C(F)(F)F)cnc1-n1cc(-c2cccc(SC(F)(F)F)c2)cn1. The average Bonchev–Trinajstić information content (AvgIpc) is 3.16. The van der Waals surface area contributed by atoms with Gasteiger partial charge in [0.05, 0.1) is 17.5 Å². The van der Waals surface area contributed by atoms with Crippen molar-refractivity contribution in [3.8, 4) is 16.9 Å². The number of hydrogen-bond acceptors (Lipinski definition) is 5. The minimum Gasteiger partial charge on any atom is -0.235 e. The Morgan fingerprint density at radius 1 is 1.03 bits per heavy atom. The van der Waals surface area contributed by atoms with Gasteiger partial charge in [0.15, 0.2) is 15.7 Å². The van der Waals surface area contributed by atoms with E-state index in [1.807, 2.05) is 0 Å². The zero-order valence-electron chi connectivity index (χ0n) is 15.6. The van der Waals surface area contributed by atoms with Crippen LogP contribution in [0.25, 0.3) is 16.9 Å². The molecule has 2 aromatic heterocycles. The van der Waals surface area contributed by atoms with Crippen LogP contribution >= 0.6 is 11.8 Å². The van der Waals surface area contributed by atoms with E-state index in [0.717, 1.165) is 4.68 Å². The first-order chi connectivity index (χ1) is 14.3. The van der Waals surface area contributed by atoms with Gasteiger partial charge in [0.2, 0.25) is 0 Å². The summed E-state index contributed by atoms with van der Waals surface area (Å²) < 4.78 is 103. The molecule has 0 saturated carbocycles.